The fraction of sp³-hybridized carbons (Fsp3) is 0.500. The Balaban J connectivity index is 3.27. The fourth-order valence-electron chi connectivity index (χ4n) is 1.48. The van der Waals surface area contributed by atoms with E-state index in [-0.39, 0.29) is 17.2 Å². The first kappa shape index (κ1) is 12.9. The quantitative estimate of drug-likeness (QED) is 0.861. The van der Waals surface area contributed by atoms with Crippen molar-refractivity contribution in [3.8, 4) is 5.75 Å². The molecule has 0 aliphatic carbocycles. The standard InChI is InChI=1S/C12H17F2NO/c1-8(2)9-4-5-11(16-3)10(6-9)12(13,14)7-15/h4-6,8H,7,15H2,1-3H3. The third kappa shape index (κ3) is 2.50. The molecule has 16 heavy (non-hydrogen) atoms. The molecule has 1 rings (SSSR count). The van der Waals surface area contributed by atoms with E-state index in [0.29, 0.717) is 0 Å². The Bertz CT molecular complexity index is 364. The highest BCUT2D eigenvalue weighted by Crippen LogP contribution is 2.36. The summed E-state index contributed by atoms with van der Waals surface area (Å²) in [6.07, 6.45) is 0. The number of alkyl halides is 2. The molecule has 0 aromatic heterocycles. The molecule has 0 radical (unpaired) electrons. The van der Waals surface area contributed by atoms with Gasteiger partial charge in [0.25, 0.3) is 5.92 Å². The first-order chi connectivity index (χ1) is 7.42. The van der Waals surface area contributed by atoms with Gasteiger partial charge >= 0.3 is 0 Å². The Kier molecular flexibility index (Phi) is 3.86. The lowest BCUT2D eigenvalue weighted by molar-refractivity contribution is 0.00361. The Morgan fingerprint density at radius 2 is 2.00 bits per heavy atom. The molecule has 0 atom stereocenters. The summed E-state index contributed by atoms with van der Waals surface area (Å²) >= 11 is 0. The van der Waals surface area contributed by atoms with Gasteiger partial charge in [-0.05, 0) is 23.6 Å². The molecule has 0 spiro atoms. The number of halogens is 2. The molecule has 0 heterocycles. The van der Waals surface area contributed by atoms with Crippen molar-refractivity contribution in [3.05, 3.63) is 29.3 Å². The lowest BCUT2D eigenvalue weighted by atomic mass is 9.97. The van der Waals surface area contributed by atoms with E-state index in [9.17, 15) is 8.78 Å². The molecule has 1 aromatic carbocycles. The smallest absolute Gasteiger partial charge is 0.288 e. The van der Waals surface area contributed by atoms with Gasteiger partial charge in [-0.1, -0.05) is 19.9 Å². The van der Waals surface area contributed by atoms with E-state index in [1.54, 1.807) is 12.1 Å². The summed E-state index contributed by atoms with van der Waals surface area (Å²) in [6.45, 7) is 3.18. The first-order valence-corrected chi connectivity index (χ1v) is 5.18. The van der Waals surface area contributed by atoms with Crippen LogP contribution in [0, 0.1) is 0 Å². The van der Waals surface area contributed by atoms with Crippen LogP contribution in [0.3, 0.4) is 0 Å². The van der Waals surface area contributed by atoms with Crippen LogP contribution < -0.4 is 10.5 Å². The van der Waals surface area contributed by atoms with Crippen molar-refractivity contribution in [2.45, 2.75) is 25.7 Å². The molecular formula is C12H17F2NO. The maximum atomic E-state index is 13.6. The third-order valence-corrected chi connectivity index (χ3v) is 2.54. The summed E-state index contributed by atoms with van der Waals surface area (Å²) < 4.78 is 32.1. The third-order valence-electron chi connectivity index (χ3n) is 2.54. The minimum absolute atomic E-state index is 0.135. The normalized spacial score (nSPS) is 11.9. The van der Waals surface area contributed by atoms with Gasteiger partial charge in [0.15, 0.2) is 0 Å². The fourth-order valence-corrected chi connectivity index (χ4v) is 1.48. The molecule has 0 aliphatic heterocycles. The molecular weight excluding hydrogens is 212 g/mol. The number of nitrogens with two attached hydrogens (primary N) is 1. The van der Waals surface area contributed by atoms with E-state index in [0.717, 1.165) is 5.56 Å². The molecule has 2 N–H and O–H groups in total. The van der Waals surface area contributed by atoms with Crippen LogP contribution in [-0.2, 0) is 5.92 Å². The number of methoxy groups -OCH3 is 1. The van der Waals surface area contributed by atoms with Gasteiger partial charge in [0.05, 0.1) is 19.2 Å². The zero-order chi connectivity index (χ0) is 12.3. The monoisotopic (exact) mass is 229 g/mol. The van der Waals surface area contributed by atoms with Crippen molar-refractivity contribution in [1.82, 2.24) is 0 Å². The van der Waals surface area contributed by atoms with Crippen LogP contribution in [0.2, 0.25) is 0 Å². The zero-order valence-electron chi connectivity index (χ0n) is 9.76. The van der Waals surface area contributed by atoms with E-state index in [4.69, 9.17) is 10.5 Å². The first-order valence-electron chi connectivity index (χ1n) is 5.18. The Morgan fingerprint density at radius 3 is 2.44 bits per heavy atom. The maximum absolute atomic E-state index is 13.6. The second kappa shape index (κ2) is 4.78. The number of hydrogen-bond acceptors (Lipinski definition) is 2. The lowest BCUT2D eigenvalue weighted by Gasteiger charge is -2.19. The summed E-state index contributed by atoms with van der Waals surface area (Å²) in [5.74, 6) is -2.67. The van der Waals surface area contributed by atoms with Gasteiger partial charge in [-0.2, -0.15) is 8.78 Å². The number of benzene rings is 1. The predicted octanol–water partition coefficient (Wildman–Crippen LogP) is 2.87. The van der Waals surface area contributed by atoms with Gasteiger partial charge < -0.3 is 10.5 Å². The number of rotatable bonds is 4. The highest BCUT2D eigenvalue weighted by Gasteiger charge is 2.33. The van der Waals surface area contributed by atoms with Gasteiger partial charge in [0.1, 0.15) is 5.75 Å². The molecule has 0 bridgehead atoms. The number of ether oxygens (including phenoxy) is 1. The van der Waals surface area contributed by atoms with Crippen LogP contribution in [0.25, 0.3) is 0 Å². The van der Waals surface area contributed by atoms with Gasteiger partial charge in [0.2, 0.25) is 0 Å². The Hall–Kier alpha value is -1.16. The van der Waals surface area contributed by atoms with Crippen LogP contribution in [0.4, 0.5) is 8.78 Å². The maximum Gasteiger partial charge on any atom is 0.288 e. The molecule has 2 nitrogen and oxygen atoms in total. The van der Waals surface area contributed by atoms with Crippen LogP contribution in [-0.4, -0.2) is 13.7 Å². The minimum Gasteiger partial charge on any atom is -0.496 e. The molecule has 0 aliphatic rings. The molecule has 1 aromatic rings. The number of hydrogen-bond donors (Lipinski definition) is 1. The highest BCUT2D eigenvalue weighted by atomic mass is 19.3. The molecule has 90 valence electrons. The summed E-state index contributed by atoms with van der Waals surface area (Å²) in [7, 11) is 1.38. The molecule has 4 heteroatoms. The SMILES string of the molecule is COc1ccc(C(C)C)cc1C(F)(F)CN. The van der Waals surface area contributed by atoms with Crippen molar-refractivity contribution in [2.75, 3.05) is 13.7 Å². The van der Waals surface area contributed by atoms with Crippen LogP contribution in [0.5, 0.6) is 5.75 Å². The second-order valence-electron chi connectivity index (χ2n) is 4.02. The van der Waals surface area contributed by atoms with E-state index in [2.05, 4.69) is 0 Å². The largest absolute Gasteiger partial charge is 0.496 e. The summed E-state index contributed by atoms with van der Waals surface area (Å²) in [6, 6.07) is 4.82. The summed E-state index contributed by atoms with van der Waals surface area (Å²) in [5.41, 5.74) is 5.80. The summed E-state index contributed by atoms with van der Waals surface area (Å²) in [5, 5.41) is 0. The highest BCUT2D eigenvalue weighted by molar-refractivity contribution is 5.41. The Labute approximate surface area is 94.4 Å². The van der Waals surface area contributed by atoms with Crippen molar-refractivity contribution in [3.63, 3.8) is 0 Å². The van der Waals surface area contributed by atoms with E-state index in [1.165, 1.54) is 13.2 Å². The Morgan fingerprint density at radius 1 is 1.38 bits per heavy atom. The van der Waals surface area contributed by atoms with Gasteiger partial charge in [0, 0.05) is 0 Å². The molecule has 0 fully saturated rings. The molecule has 0 saturated carbocycles. The van der Waals surface area contributed by atoms with E-state index in [1.807, 2.05) is 13.8 Å². The topological polar surface area (TPSA) is 35.2 Å². The van der Waals surface area contributed by atoms with Gasteiger partial charge in [-0.3, -0.25) is 0 Å². The lowest BCUT2D eigenvalue weighted by Crippen LogP contribution is -2.26. The van der Waals surface area contributed by atoms with Crippen molar-refractivity contribution >= 4 is 0 Å². The summed E-state index contributed by atoms with van der Waals surface area (Å²) in [4.78, 5) is 0. The molecule has 0 unspecified atom stereocenters. The van der Waals surface area contributed by atoms with E-state index < -0.39 is 12.5 Å². The average molecular weight is 229 g/mol. The van der Waals surface area contributed by atoms with Crippen LogP contribution in [0.15, 0.2) is 18.2 Å². The van der Waals surface area contributed by atoms with Crippen molar-refractivity contribution in [2.24, 2.45) is 5.73 Å². The second-order valence-corrected chi connectivity index (χ2v) is 4.02. The van der Waals surface area contributed by atoms with E-state index >= 15 is 0 Å². The molecule has 0 amide bonds. The van der Waals surface area contributed by atoms with Crippen LogP contribution in [0.1, 0.15) is 30.9 Å². The zero-order valence-corrected chi connectivity index (χ0v) is 9.76. The van der Waals surface area contributed by atoms with Crippen molar-refractivity contribution < 1.29 is 13.5 Å². The predicted molar refractivity (Wildman–Crippen MR) is 60.0 cm³/mol. The van der Waals surface area contributed by atoms with Gasteiger partial charge in [-0.15, -0.1) is 0 Å². The van der Waals surface area contributed by atoms with Crippen LogP contribution >= 0.6 is 0 Å². The minimum atomic E-state index is -3.05. The van der Waals surface area contributed by atoms with Crippen molar-refractivity contribution in [1.29, 1.82) is 0 Å². The van der Waals surface area contributed by atoms with Gasteiger partial charge in [-0.25, -0.2) is 0 Å². The molecule has 0 saturated heterocycles. The average Bonchev–Trinajstić information content (AvgIpc) is 2.28.